The van der Waals surface area contributed by atoms with Crippen molar-refractivity contribution in [3.63, 3.8) is 0 Å². The first kappa shape index (κ1) is 20.4. The largest absolute Gasteiger partial charge is 0.351 e. The lowest BCUT2D eigenvalue weighted by Crippen LogP contribution is -2.59. The Balaban J connectivity index is 1.44. The van der Waals surface area contributed by atoms with Crippen molar-refractivity contribution in [1.82, 2.24) is 10.6 Å². The summed E-state index contributed by atoms with van der Waals surface area (Å²) in [6.45, 7) is 8.12. The van der Waals surface area contributed by atoms with Crippen LogP contribution in [0.3, 0.4) is 0 Å². The second-order valence-electron chi connectivity index (χ2n) is 10.5. The fraction of sp³-hybridized carbons (Fsp3) is 0.680. The number of benzene rings is 1. The smallest absolute Gasteiger partial charge is 0.252 e. The molecule has 158 valence electrons. The Kier molecular flexibility index (Phi) is 5.48. The van der Waals surface area contributed by atoms with Gasteiger partial charge in [0, 0.05) is 11.6 Å². The molecule has 0 heterocycles. The lowest BCUT2D eigenvalue weighted by Gasteiger charge is -2.59. The van der Waals surface area contributed by atoms with E-state index in [-0.39, 0.29) is 29.2 Å². The summed E-state index contributed by atoms with van der Waals surface area (Å²) in [5, 5.41) is 6.34. The summed E-state index contributed by atoms with van der Waals surface area (Å²) in [7, 11) is 0. The Labute approximate surface area is 175 Å². The van der Waals surface area contributed by atoms with Crippen LogP contribution in [0.2, 0.25) is 0 Å². The highest BCUT2D eigenvalue weighted by Gasteiger charge is 2.53. The Hall–Kier alpha value is -1.84. The number of carbonyl (C=O) groups is 2. The molecule has 2 atom stereocenters. The summed E-state index contributed by atoms with van der Waals surface area (Å²) in [5.41, 5.74) is 1.83. The first-order valence-electron chi connectivity index (χ1n) is 11.4. The summed E-state index contributed by atoms with van der Waals surface area (Å²) in [5.74, 6) is 2.42. The minimum Gasteiger partial charge on any atom is -0.351 e. The zero-order chi connectivity index (χ0) is 20.8. The van der Waals surface area contributed by atoms with Gasteiger partial charge in [-0.2, -0.15) is 0 Å². The highest BCUT2D eigenvalue weighted by atomic mass is 16.2. The average Bonchev–Trinajstić information content (AvgIpc) is 2.64. The van der Waals surface area contributed by atoms with Crippen LogP contribution in [0.1, 0.15) is 75.2 Å². The molecule has 0 aromatic heterocycles. The Bertz CT molecular complexity index is 749. The molecule has 0 saturated heterocycles. The van der Waals surface area contributed by atoms with E-state index in [1.54, 1.807) is 0 Å². The van der Waals surface area contributed by atoms with Gasteiger partial charge in [0.15, 0.2) is 0 Å². The van der Waals surface area contributed by atoms with Crippen LogP contribution in [0.5, 0.6) is 0 Å². The molecule has 4 bridgehead atoms. The predicted molar refractivity (Wildman–Crippen MR) is 115 cm³/mol. The summed E-state index contributed by atoms with van der Waals surface area (Å²) in [4.78, 5) is 26.0. The lowest BCUT2D eigenvalue weighted by molar-refractivity contribution is -0.128. The molecule has 0 aliphatic heterocycles. The molecule has 2 amide bonds. The third-order valence-corrected chi connectivity index (χ3v) is 7.99. The molecule has 4 aliphatic carbocycles. The zero-order valence-corrected chi connectivity index (χ0v) is 18.3. The molecule has 4 heteroatoms. The maximum Gasteiger partial charge on any atom is 0.252 e. The highest BCUT2D eigenvalue weighted by Crippen LogP contribution is 2.61. The summed E-state index contributed by atoms with van der Waals surface area (Å²) >= 11 is 0. The molecule has 4 saturated carbocycles. The number of rotatable bonds is 6. The van der Waals surface area contributed by atoms with Gasteiger partial charge in [-0.25, -0.2) is 0 Å². The normalized spacial score (nSPS) is 32.1. The van der Waals surface area contributed by atoms with Crippen LogP contribution < -0.4 is 10.6 Å². The van der Waals surface area contributed by atoms with Gasteiger partial charge >= 0.3 is 0 Å². The van der Waals surface area contributed by atoms with Crippen molar-refractivity contribution in [2.45, 2.75) is 78.3 Å². The van der Waals surface area contributed by atoms with E-state index in [1.807, 2.05) is 45.0 Å². The number of nitrogens with one attached hydrogen (secondary N) is 2. The second kappa shape index (κ2) is 7.77. The number of carbonyl (C=O) groups excluding carboxylic acids is 2. The van der Waals surface area contributed by atoms with Gasteiger partial charge in [0.1, 0.15) is 6.04 Å². The molecule has 29 heavy (non-hydrogen) atoms. The average molecular weight is 397 g/mol. The van der Waals surface area contributed by atoms with Gasteiger partial charge < -0.3 is 10.6 Å². The minimum atomic E-state index is -0.515. The molecular formula is C25H36N2O2. The lowest BCUT2D eigenvalue weighted by atomic mass is 9.48. The van der Waals surface area contributed by atoms with E-state index in [4.69, 9.17) is 0 Å². The Morgan fingerprint density at radius 3 is 2.00 bits per heavy atom. The van der Waals surface area contributed by atoms with Crippen LogP contribution in [0.4, 0.5) is 0 Å². The van der Waals surface area contributed by atoms with E-state index >= 15 is 0 Å². The molecule has 4 aliphatic rings. The maximum atomic E-state index is 13.2. The van der Waals surface area contributed by atoms with Gasteiger partial charge in [-0.15, -0.1) is 0 Å². The van der Waals surface area contributed by atoms with Gasteiger partial charge in [-0.3, -0.25) is 9.59 Å². The molecule has 5 rings (SSSR count). The van der Waals surface area contributed by atoms with Crippen LogP contribution in [0.15, 0.2) is 24.3 Å². The van der Waals surface area contributed by atoms with Crippen molar-refractivity contribution in [3.05, 3.63) is 35.4 Å². The van der Waals surface area contributed by atoms with Gasteiger partial charge in [0.25, 0.3) is 5.91 Å². The molecular weight excluding hydrogens is 360 g/mol. The zero-order valence-electron chi connectivity index (χ0n) is 18.3. The van der Waals surface area contributed by atoms with Crippen molar-refractivity contribution in [2.24, 2.45) is 29.1 Å². The van der Waals surface area contributed by atoms with Gasteiger partial charge in [-0.1, -0.05) is 32.0 Å². The number of amides is 2. The third kappa shape index (κ3) is 3.95. The van der Waals surface area contributed by atoms with Crippen LogP contribution >= 0.6 is 0 Å². The van der Waals surface area contributed by atoms with E-state index in [9.17, 15) is 9.59 Å². The molecule has 1 aromatic carbocycles. The standard InChI is InChI=1S/C25H36N2O2/c1-15(2)22(27-23(28)21-8-6-5-7-16(21)3)24(29)26-17(4)25-12-18-9-19(13-25)11-20(10-18)14-25/h5-8,15,17-20,22H,9-14H2,1-4H3,(H,26,29)(H,27,28)/t17-,18?,19?,20?,22-,25?/m0/s1. The number of hydrogen-bond donors (Lipinski definition) is 2. The van der Waals surface area contributed by atoms with E-state index in [2.05, 4.69) is 17.6 Å². The van der Waals surface area contributed by atoms with Crippen molar-refractivity contribution >= 4 is 11.8 Å². The summed E-state index contributed by atoms with van der Waals surface area (Å²) in [6, 6.07) is 7.18. The van der Waals surface area contributed by atoms with Crippen LogP contribution in [-0.2, 0) is 4.79 Å². The quantitative estimate of drug-likeness (QED) is 0.745. The maximum absolute atomic E-state index is 13.2. The second-order valence-corrected chi connectivity index (χ2v) is 10.5. The predicted octanol–water partition coefficient (Wildman–Crippen LogP) is 4.47. The van der Waals surface area contributed by atoms with Crippen molar-refractivity contribution in [3.8, 4) is 0 Å². The van der Waals surface area contributed by atoms with E-state index < -0.39 is 6.04 Å². The minimum absolute atomic E-state index is 0.0338. The van der Waals surface area contributed by atoms with E-state index in [0.29, 0.717) is 5.56 Å². The first-order valence-corrected chi connectivity index (χ1v) is 11.4. The monoisotopic (exact) mass is 396 g/mol. The summed E-state index contributed by atoms with van der Waals surface area (Å²) < 4.78 is 0. The van der Waals surface area contributed by atoms with Gasteiger partial charge in [0.2, 0.25) is 5.91 Å². The number of hydrogen-bond acceptors (Lipinski definition) is 2. The topological polar surface area (TPSA) is 58.2 Å². The molecule has 0 radical (unpaired) electrons. The van der Waals surface area contributed by atoms with Crippen LogP contribution in [0, 0.1) is 36.0 Å². The van der Waals surface area contributed by atoms with Crippen LogP contribution in [-0.4, -0.2) is 23.9 Å². The van der Waals surface area contributed by atoms with Gasteiger partial charge in [-0.05, 0) is 93.1 Å². The highest BCUT2D eigenvalue weighted by molar-refractivity contribution is 5.98. The van der Waals surface area contributed by atoms with Gasteiger partial charge in [0.05, 0.1) is 0 Å². The SMILES string of the molecule is Cc1ccccc1C(=O)N[C@H](C(=O)N[C@@H](C)C12CC3CC(CC(C3)C1)C2)C(C)C. The third-order valence-electron chi connectivity index (χ3n) is 7.99. The van der Waals surface area contributed by atoms with Crippen molar-refractivity contribution in [2.75, 3.05) is 0 Å². The number of aryl methyl sites for hydroxylation is 1. The Morgan fingerprint density at radius 1 is 0.931 bits per heavy atom. The van der Waals surface area contributed by atoms with E-state index in [1.165, 1.54) is 38.5 Å². The van der Waals surface area contributed by atoms with Crippen molar-refractivity contribution < 1.29 is 9.59 Å². The fourth-order valence-corrected chi connectivity index (χ4v) is 6.75. The molecule has 1 aromatic rings. The molecule has 2 N–H and O–H groups in total. The first-order chi connectivity index (χ1) is 13.8. The molecule has 0 spiro atoms. The Morgan fingerprint density at radius 2 is 1.48 bits per heavy atom. The van der Waals surface area contributed by atoms with E-state index in [0.717, 1.165) is 23.3 Å². The van der Waals surface area contributed by atoms with Crippen molar-refractivity contribution in [1.29, 1.82) is 0 Å². The molecule has 0 unspecified atom stereocenters. The molecule has 4 fully saturated rings. The molecule has 4 nitrogen and oxygen atoms in total. The summed E-state index contributed by atoms with van der Waals surface area (Å²) in [6.07, 6.45) is 8.01. The van der Waals surface area contributed by atoms with Crippen LogP contribution in [0.25, 0.3) is 0 Å². The fourth-order valence-electron chi connectivity index (χ4n) is 6.75.